The highest BCUT2D eigenvalue weighted by Crippen LogP contribution is 2.25. The number of hydrogen-bond acceptors (Lipinski definition) is 2. The Bertz CT molecular complexity index is 674. The molecule has 1 fully saturated rings. The van der Waals surface area contributed by atoms with Crippen LogP contribution in [0, 0.1) is 0 Å². The summed E-state index contributed by atoms with van der Waals surface area (Å²) >= 11 is 3.52. The molecule has 0 aromatic heterocycles. The Morgan fingerprint density at radius 1 is 0.875 bits per heavy atom. The highest BCUT2D eigenvalue weighted by atomic mass is 79.9. The van der Waals surface area contributed by atoms with Crippen molar-refractivity contribution >= 4 is 15.9 Å². The van der Waals surface area contributed by atoms with Gasteiger partial charge in [-0.3, -0.25) is 9.80 Å². The van der Waals surface area contributed by atoms with Gasteiger partial charge in [-0.1, -0.05) is 52.3 Å². The van der Waals surface area contributed by atoms with Gasteiger partial charge in [-0.15, -0.1) is 0 Å². The molecule has 126 valence electrons. The van der Waals surface area contributed by atoms with Crippen LogP contribution >= 0.6 is 15.9 Å². The highest BCUT2D eigenvalue weighted by Gasteiger charge is 2.27. The van der Waals surface area contributed by atoms with Crippen molar-refractivity contribution in [3.63, 3.8) is 0 Å². The van der Waals surface area contributed by atoms with Crippen LogP contribution in [0.1, 0.15) is 29.5 Å². The van der Waals surface area contributed by atoms with Gasteiger partial charge >= 0.3 is 0 Å². The fraction of sp³-hybridized carbons (Fsp3) is 0.429. The summed E-state index contributed by atoms with van der Waals surface area (Å²) in [7, 11) is 0. The minimum atomic E-state index is 0.763. The molecule has 2 aliphatic heterocycles. The Balaban J connectivity index is 1.31. The molecule has 1 saturated heterocycles. The maximum absolute atomic E-state index is 3.52. The third kappa shape index (κ3) is 3.74. The second-order valence-corrected chi connectivity index (χ2v) is 8.04. The first kappa shape index (κ1) is 16.3. The first-order valence-electron chi connectivity index (χ1n) is 9.05. The molecule has 0 saturated carbocycles. The summed E-state index contributed by atoms with van der Waals surface area (Å²) in [4.78, 5) is 5.33. The third-order valence-electron chi connectivity index (χ3n) is 5.55. The number of piperidine rings is 1. The van der Waals surface area contributed by atoms with Gasteiger partial charge in [0.2, 0.25) is 0 Å². The fourth-order valence-corrected chi connectivity index (χ4v) is 4.38. The molecular weight excluding hydrogens is 360 g/mol. The van der Waals surface area contributed by atoms with Gasteiger partial charge in [0, 0.05) is 30.1 Å². The summed E-state index contributed by atoms with van der Waals surface area (Å²) in [5.74, 6) is 0. The van der Waals surface area contributed by atoms with Crippen LogP contribution in [0.25, 0.3) is 0 Å². The van der Waals surface area contributed by atoms with E-state index in [-0.39, 0.29) is 0 Å². The van der Waals surface area contributed by atoms with Crippen LogP contribution in [0.2, 0.25) is 0 Å². The molecular formula is C21H25BrN2. The van der Waals surface area contributed by atoms with E-state index in [1.165, 1.54) is 44.5 Å². The number of fused-ring (bicyclic) bond motifs is 1. The van der Waals surface area contributed by atoms with E-state index < -0.39 is 0 Å². The zero-order chi connectivity index (χ0) is 16.4. The number of halogens is 1. The standard InChI is InChI=1S/C21H25BrN2/c22-20-7-5-17(6-8-20)15-23-12-10-21(11-13-23)24-14-9-18-3-1-2-4-19(18)16-24/h1-8,21H,9-16H2. The molecule has 24 heavy (non-hydrogen) atoms. The van der Waals surface area contributed by atoms with Crippen LogP contribution in [-0.4, -0.2) is 35.5 Å². The van der Waals surface area contributed by atoms with E-state index >= 15 is 0 Å². The second kappa shape index (κ2) is 7.38. The molecule has 2 aromatic carbocycles. The highest BCUT2D eigenvalue weighted by molar-refractivity contribution is 9.10. The van der Waals surface area contributed by atoms with Crippen molar-refractivity contribution in [1.82, 2.24) is 9.80 Å². The largest absolute Gasteiger partial charge is 0.299 e. The number of benzene rings is 2. The minimum Gasteiger partial charge on any atom is -0.299 e. The lowest BCUT2D eigenvalue weighted by atomic mass is 9.95. The maximum Gasteiger partial charge on any atom is 0.0239 e. The molecule has 2 nitrogen and oxygen atoms in total. The van der Waals surface area contributed by atoms with E-state index in [2.05, 4.69) is 74.3 Å². The molecule has 2 aliphatic rings. The molecule has 0 atom stereocenters. The van der Waals surface area contributed by atoms with Crippen LogP contribution in [-0.2, 0) is 19.5 Å². The van der Waals surface area contributed by atoms with Gasteiger partial charge in [0.05, 0.1) is 0 Å². The van der Waals surface area contributed by atoms with Crippen LogP contribution in [0.5, 0.6) is 0 Å². The third-order valence-corrected chi connectivity index (χ3v) is 6.08. The van der Waals surface area contributed by atoms with Crippen LogP contribution < -0.4 is 0 Å². The van der Waals surface area contributed by atoms with Crippen LogP contribution in [0.15, 0.2) is 53.0 Å². The summed E-state index contributed by atoms with van der Waals surface area (Å²) in [6.45, 7) is 5.91. The summed E-state index contributed by atoms with van der Waals surface area (Å²) in [6, 6.07) is 18.5. The van der Waals surface area contributed by atoms with Gasteiger partial charge in [-0.25, -0.2) is 0 Å². The lowest BCUT2D eigenvalue weighted by Crippen LogP contribution is -2.46. The average Bonchev–Trinajstić information content (AvgIpc) is 2.64. The smallest absolute Gasteiger partial charge is 0.0239 e. The van der Waals surface area contributed by atoms with Crippen molar-refractivity contribution < 1.29 is 0 Å². The topological polar surface area (TPSA) is 6.48 Å². The predicted molar refractivity (Wildman–Crippen MR) is 103 cm³/mol. The van der Waals surface area contributed by atoms with Gasteiger partial charge in [-0.2, -0.15) is 0 Å². The van der Waals surface area contributed by atoms with Gasteiger partial charge < -0.3 is 0 Å². The summed E-state index contributed by atoms with van der Waals surface area (Å²) < 4.78 is 1.16. The molecule has 4 rings (SSSR count). The molecule has 3 heteroatoms. The molecule has 0 bridgehead atoms. The number of rotatable bonds is 3. The van der Waals surface area contributed by atoms with Crippen molar-refractivity contribution in [3.8, 4) is 0 Å². The fourth-order valence-electron chi connectivity index (χ4n) is 4.12. The Morgan fingerprint density at radius 3 is 2.33 bits per heavy atom. The van der Waals surface area contributed by atoms with E-state index in [1.807, 2.05) is 0 Å². The molecule has 2 heterocycles. The van der Waals surface area contributed by atoms with E-state index in [0.717, 1.165) is 23.6 Å². The predicted octanol–water partition coefficient (Wildman–Crippen LogP) is 4.47. The Morgan fingerprint density at radius 2 is 1.58 bits per heavy atom. The SMILES string of the molecule is Brc1ccc(CN2CCC(N3CCc4ccccc4C3)CC2)cc1. The second-order valence-electron chi connectivity index (χ2n) is 7.12. The van der Waals surface area contributed by atoms with Gasteiger partial charge in [0.25, 0.3) is 0 Å². The van der Waals surface area contributed by atoms with Crippen molar-refractivity contribution in [1.29, 1.82) is 0 Å². The molecule has 0 aliphatic carbocycles. The molecule has 0 unspecified atom stereocenters. The monoisotopic (exact) mass is 384 g/mol. The number of likely N-dealkylation sites (tertiary alicyclic amines) is 1. The molecule has 2 aromatic rings. The normalized spacial score (nSPS) is 20.0. The van der Waals surface area contributed by atoms with E-state index in [4.69, 9.17) is 0 Å². The number of nitrogens with zero attached hydrogens (tertiary/aromatic N) is 2. The van der Waals surface area contributed by atoms with E-state index in [1.54, 1.807) is 11.1 Å². The maximum atomic E-state index is 3.52. The van der Waals surface area contributed by atoms with Crippen molar-refractivity contribution in [2.45, 2.75) is 38.4 Å². The Hall–Kier alpha value is -1.16. The summed E-state index contributed by atoms with van der Waals surface area (Å²) in [5.41, 5.74) is 4.52. The van der Waals surface area contributed by atoms with Crippen molar-refractivity contribution in [2.24, 2.45) is 0 Å². The molecule has 0 spiro atoms. The van der Waals surface area contributed by atoms with Crippen molar-refractivity contribution in [2.75, 3.05) is 19.6 Å². The summed E-state index contributed by atoms with van der Waals surface area (Å²) in [5, 5.41) is 0. The molecule has 0 N–H and O–H groups in total. The Labute approximate surface area is 153 Å². The average molecular weight is 385 g/mol. The van der Waals surface area contributed by atoms with Crippen LogP contribution in [0.3, 0.4) is 0 Å². The first-order valence-corrected chi connectivity index (χ1v) is 9.85. The first-order chi connectivity index (χ1) is 11.8. The molecule has 0 amide bonds. The minimum absolute atomic E-state index is 0.763. The lowest BCUT2D eigenvalue weighted by Gasteiger charge is -2.40. The molecule has 0 radical (unpaired) electrons. The number of hydrogen-bond donors (Lipinski definition) is 0. The van der Waals surface area contributed by atoms with Crippen LogP contribution in [0.4, 0.5) is 0 Å². The Kier molecular flexibility index (Phi) is 5.02. The van der Waals surface area contributed by atoms with E-state index in [9.17, 15) is 0 Å². The van der Waals surface area contributed by atoms with Crippen molar-refractivity contribution in [3.05, 3.63) is 69.7 Å². The quantitative estimate of drug-likeness (QED) is 0.769. The van der Waals surface area contributed by atoms with E-state index in [0.29, 0.717) is 0 Å². The van der Waals surface area contributed by atoms with Gasteiger partial charge in [0.15, 0.2) is 0 Å². The zero-order valence-electron chi connectivity index (χ0n) is 14.1. The van der Waals surface area contributed by atoms with Gasteiger partial charge in [-0.05, 0) is 61.2 Å². The van der Waals surface area contributed by atoms with Gasteiger partial charge in [0.1, 0.15) is 0 Å². The lowest BCUT2D eigenvalue weighted by molar-refractivity contribution is 0.0949. The zero-order valence-corrected chi connectivity index (χ0v) is 15.7. The summed E-state index contributed by atoms with van der Waals surface area (Å²) in [6.07, 6.45) is 3.83.